The number of aromatic nitrogens is 1. The van der Waals surface area contributed by atoms with Crippen LogP contribution >= 0.6 is 0 Å². The first-order valence-electron chi connectivity index (χ1n) is 9.64. The lowest BCUT2D eigenvalue weighted by Crippen LogP contribution is -2.42. The highest BCUT2D eigenvalue weighted by molar-refractivity contribution is 5.79. The number of likely N-dealkylation sites (tertiary alicyclic amines) is 1. The number of nitrogens with zero attached hydrogens (tertiary/aromatic N) is 4. The summed E-state index contributed by atoms with van der Waals surface area (Å²) in [5, 5.41) is 9.53. The van der Waals surface area contributed by atoms with Gasteiger partial charge in [0.1, 0.15) is 11.6 Å². The second-order valence-electron chi connectivity index (χ2n) is 7.73. The topological polar surface area (TPSA) is 69.5 Å². The van der Waals surface area contributed by atoms with E-state index in [1.165, 1.54) is 12.7 Å². The van der Waals surface area contributed by atoms with Crippen LogP contribution in [0.1, 0.15) is 30.4 Å². The highest BCUT2D eigenvalue weighted by atomic mass is 16.5. The van der Waals surface area contributed by atoms with Gasteiger partial charge >= 0.3 is 0 Å². The van der Waals surface area contributed by atoms with Crippen LogP contribution in [0.15, 0.2) is 42.6 Å². The van der Waals surface area contributed by atoms with E-state index in [9.17, 15) is 10.1 Å². The minimum absolute atomic E-state index is 0.0479. The minimum atomic E-state index is 0.0479. The van der Waals surface area contributed by atoms with Crippen molar-refractivity contribution in [3.8, 4) is 11.9 Å². The molecule has 2 saturated heterocycles. The standard InChI is InChI=1S/C22H24N4O2/c1-28-21-18(14-23)19(7-10-24-21)25-11-8-22(9-12-25)13-20(27)26(16-22)15-17-5-3-2-4-6-17/h2-7,10H,8-9,11-13,15-16H2,1H3. The Bertz CT molecular complexity index is 898. The van der Waals surface area contributed by atoms with E-state index in [4.69, 9.17) is 4.74 Å². The lowest BCUT2D eigenvalue weighted by Gasteiger charge is -2.40. The van der Waals surface area contributed by atoms with Crippen LogP contribution < -0.4 is 9.64 Å². The van der Waals surface area contributed by atoms with Crippen molar-refractivity contribution < 1.29 is 9.53 Å². The fourth-order valence-electron chi connectivity index (χ4n) is 4.44. The monoisotopic (exact) mass is 376 g/mol. The third kappa shape index (κ3) is 3.40. The van der Waals surface area contributed by atoms with Crippen LogP contribution in [-0.2, 0) is 11.3 Å². The fraction of sp³-hybridized carbons (Fsp3) is 0.409. The van der Waals surface area contributed by atoms with E-state index in [2.05, 4.69) is 28.1 Å². The Hall–Kier alpha value is -3.07. The number of anilines is 1. The van der Waals surface area contributed by atoms with Crippen LogP contribution in [0.25, 0.3) is 0 Å². The van der Waals surface area contributed by atoms with Gasteiger partial charge in [-0.3, -0.25) is 4.79 Å². The quantitative estimate of drug-likeness (QED) is 0.820. The molecule has 1 aromatic heterocycles. The molecule has 2 aromatic rings. The summed E-state index contributed by atoms with van der Waals surface area (Å²) in [6, 6.07) is 14.3. The van der Waals surface area contributed by atoms with Gasteiger partial charge < -0.3 is 14.5 Å². The molecule has 0 N–H and O–H groups in total. The summed E-state index contributed by atoms with van der Waals surface area (Å²) >= 11 is 0. The number of carbonyl (C=O) groups excluding carboxylic acids is 1. The van der Waals surface area contributed by atoms with Crippen LogP contribution in [0.3, 0.4) is 0 Å². The van der Waals surface area contributed by atoms with E-state index in [0.717, 1.165) is 38.2 Å². The number of pyridine rings is 1. The summed E-state index contributed by atoms with van der Waals surface area (Å²) in [5.41, 5.74) is 2.57. The number of benzene rings is 1. The first kappa shape index (κ1) is 18.3. The highest BCUT2D eigenvalue weighted by Crippen LogP contribution is 2.43. The second-order valence-corrected chi connectivity index (χ2v) is 7.73. The van der Waals surface area contributed by atoms with E-state index in [1.54, 1.807) is 6.20 Å². The van der Waals surface area contributed by atoms with Crippen molar-refractivity contribution in [1.82, 2.24) is 9.88 Å². The second kappa shape index (κ2) is 7.51. The lowest BCUT2D eigenvalue weighted by atomic mass is 9.77. The summed E-state index contributed by atoms with van der Waals surface area (Å²) in [5.74, 6) is 0.617. The Morgan fingerprint density at radius 3 is 2.64 bits per heavy atom. The van der Waals surface area contributed by atoms with Gasteiger partial charge in [-0.1, -0.05) is 30.3 Å². The molecule has 2 fully saturated rings. The van der Waals surface area contributed by atoms with Gasteiger partial charge in [0.25, 0.3) is 0 Å². The molecule has 28 heavy (non-hydrogen) atoms. The van der Waals surface area contributed by atoms with Crippen molar-refractivity contribution in [3.05, 3.63) is 53.7 Å². The van der Waals surface area contributed by atoms with E-state index >= 15 is 0 Å². The smallest absolute Gasteiger partial charge is 0.233 e. The molecule has 1 amide bonds. The Morgan fingerprint density at radius 2 is 1.96 bits per heavy atom. The normalized spacial score (nSPS) is 18.4. The third-order valence-corrected chi connectivity index (χ3v) is 5.99. The van der Waals surface area contributed by atoms with Crippen molar-refractivity contribution in [1.29, 1.82) is 5.26 Å². The number of hydrogen-bond donors (Lipinski definition) is 0. The molecule has 0 unspecified atom stereocenters. The maximum atomic E-state index is 12.6. The lowest BCUT2D eigenvalue weighted by molar-refractivity contribution is -0.128. The molecular formula is C22H24N4O2. The summed E-state index contributed by atoms with van der Waals surface area (Å²) in [7, 11) is 1.53. The summed E-state index contributed by atoms with van der Waals surface area (Å²) in [6.45, 7) is 3.16. The first-order chi connectivity index (χ1) is 13.6. The molecule has 4 rings (SSSR count). The van der Waals surface area contributed by atoms with Crippen molar-refractivity contribution in [2.24, 2.45) is 5.41 Å². The number of amides is 1. The largest absolute Gasteiger partial charge is 0.480 e. The SMILES string of the molecule is COc1nccc(N2CCC3(CC2)CC(=O)N(Cc2ccccc2)C3)c1C#N. The molecule has 2 aliphatic rings. The zero-order chi connectivity index (χ0) is 19.6. The molecule has 2 aliphatic heterocycles. The molecule has 0 aliphatic carbocycles. The predicted molar refractivity (Wildman–Crippen MR) is 106 cm³/mol. The van der Waals surface area contributed by atoms with Crippen molar-refractivity contribution in [3.63, 3.8) is 0 Å². The van der Waals surface area contributed by atoms with Gasteiger partial charge in [-0.05, 0) is 24.5 Å². The predicted octanol–water partition coefficient (Wildman–Crippen LogP) is 2.98. The minimum Gasteiger partial charge on any atom is -0.480 e. The Kier molecular flexibility index (Phi) is 4.91. The molecule has 6 nitrogen and oxygen atoms in total. The average molecular weight is 376 g/mol. The molecular weight excluding hydrogens is 352 g/mol. The van der Waals surface area contributed by atoms with E-state index in [-0.39, 0.29) is 11.3 Å². The Morgan fingerprint density at radius 1 is 1.21 bits per heavy atom. The maximum absolute atomic E-state index is 12.6. The average Bonchev–Trinajstić information content (AvgIpc) is 3.03. The Balaban J connectivity index is 1.45. The van der Waals surface area contributed by atoms with Gasteiger partial charge in [-0.25, -0.2) is 4.98 Å². The van der Waals surface area contributed by atoms with Gasteiger partial charge in [0, 0.05) is 44.2 Å². The number of hydrogen-bond acceptors (Lipinski definition) is 5. The number of rotatable bonds is 4. The van der Waals surface area contributed by atoms with Crippen LogP contribution in [0, 0.1) is 16.7 Å². The van der Waals surface area contributed by atoms with Gasteiger partial charge in [0.05, 0.1) is 12.8 Å². The van der Waals surface area contributed by atoms with Crippen LogP contribution in [0.5, 0.6) is 5.88 Å². The maximum Gasteiger partial charge on any atom is 0.233 e. The summed E-state index contributed by atoms with van der Waals surface area (Å²) in [4.78, 5) is 21.0. The molecule has 0 bridgehead atoms. The van der Waals surface area contributed by atoms with E-state index in [1.807, 2.05) is 29.2 Å². The van der Waals surface area contributed by atoms with Crippen LogP contribution in [0.4, 0.5) is 5.69 Å². The fourth-order valence-corrected chi connectivity index (χ4v) is 4.44. The van der Waals surface area contributed by atoms with E-state index < -0.39 is 0 Å². The zero-order valence-corrected chi connectivity index (χ0v) is 16.1. The highest BCUT2D eigenvalue weighted by Gasteiger charge is 2.45. The molecule has 6 heteroatoms. The molecule has 3 heterocycles. The number of carbonyl (C=O) groups is 1. The number of methoxy groups -OCH3 is 1. The molecule has 1 aromatic carbocycles. The van der Waals surface area contributed by atoms with Gasteiger partial charge in [-0.2, -0.15) is 5.26 Å². The summed E-state index contributed by atoms with van der Waals surface area (Å²) in [6.07, 6.45) is 4.19. The van der Waals surface area contributed by atoms with Gasteiger partial charge in [-0.15, -0.1) is 0 Å². The van der Waals surface area contributed by atoms with Crippen molar-refractivity contribution >= 4 is 11.6 Å². The first-order valence-corrected chi connectivity index (χ1v) is 9.64. The van der Waals surface area contributed by atoms with Crippen LogP contribution in [0.2, 0.25) is 0 Å². The molecule has 144 valence electrons. The van der Waals surface area contributed by atoms with Gasteiger partial charge in [0.15, 0.2) is 0 Å². The molecule has 0 saturated carbocycles. The van der Waals surface area contributed by atoms with Crippen LogP contribution in [-0.4, -0.2) is 42.5 Å². The van der Waals surface area contributed by atoms with Crippen molar-refractivity contribution in [2.45, 2.75) is 25.8 Å². The van der Waals surface area contributed by atoms with E-state index in [0.29, 0.717) is 24.4 Å². The van der Waals surface area contributed by atoms with Crippen molar-refractivity contribution in [2.75, 3.05) is 31.6 Å². The Labute approximate surface area is 165 Å². The molecule has 0 radical (unpaired) electrons. The number of nitriles is 1. The number of piperidine rings is 1. The van der Waals surface area contributed by atoms with Gasteiger partial charge in [0.2, 0.25) is 11.8 Å². The third-order valence-electron chi connectivity index (χ3n) is 5.99. The summed E-state index contributed by atoms with van der Waals surface area (Å²) < 4.78 is 5.23. The molecule has 1 spiro atoms. The zero-order valence-electron chi connectivity index (χ0n) is 16.1. The molecule has 0 atom stereocenters. The number of ether oxygens (including phenoxy) is 1.